The summed E-state index contributed by atoms with van der Waals surface area (Å²) in [5.41, 5.74) is 7.38. The van der Waals surface area contributed by atoms with Gasteiger partial charge in [0, 0.05) is 29.3 Å². The van der Waals surface area contributed by atoms with Gasteiger partial charge in [-0.3, -0.25) is 0 Å². The molecule has 0 amide bonds. The van der Waals surface area contributed by atoms with Crippen molar-refractivity contribution >= 4 is 28.4 Å². The van der Waals surface area contributed by atoms with E-state index in [1.54, 1.807) is 59.8 Å². The number of aromatic nitrogens is 2. The Morgan fingerprint density at radius 2 is 1.29 bits per heavy atom. The summed E-state index contributed by atoms with van der Waals surface area (Å²) >= 11 is 0. The minimum Gasteiger partial charge on any atom is -0.493 e. The lowest BCUT2D eigenvalue weighted by atomic mass is 10.2. The molecule has 1 heterocycles. The molecule has 28 heavy (non-hydrogen) atoms. The molecule has 0 bridgehead atoms. The van der Waals surface area contributed by atoms with Gasteiger partial charge in [0.1, 0.15) is 5.82 Å². The van der Waals surface area contributed by atoms with Crippen LogP contribution in [0.2, 0.25) is 0 Å². The molecule has 1 aromatic heterocycles. The van der Waals surface area contributed by atoms with Crippen LogP contribution in [0.5, 0.6) is 28.7 Å². The standard InChI is InChI=1S/C19H22N4O5/c1-24-13-8-11-12(9-14(13)25-2)22-19(23-18(11)20)21-10-6-15(26-3)17(28-5)16(7-10)27-4/h6-9H,1-5H3,(H3,20,21,22,23). The molecule has 0 radical (unpaired) electrons. The van der Waals surface area contributed by atoms with Crippen LogP contribution in [0.4, 0.5) is 17.5 Å². The highest BCUT2D eigenvalue weighted by Crippen LogP contribution is 2.40. The minimum atomic E-state index is 0.306. The van der Waals surface area contributed by atoms with Gasteiger partial charge in [-0.2, -0.15) is 4.98 Å². The Morgan fingerprint density at radius 1 is 0.714 bits per heavy atom. The topological polar surface area (TPSA) is 110 Å². The molecule has 0 saturated carbocycles. The van der Waals surface area contributed by atoms with E-state index in [9.17, 15) is 0 Å². The first-order chi connectivity index (χ1) is 13.5. The van der Waals surface area contributed by atoms with Gasteiger partial charge in [-0.1, -0.05) is 0 Å². The molecule has 2 aromatic carbocycles. The Bertz CT molecular complexity index is 984. The molecule has 3 N–H and O–H groups in total. The zero-order valence-electron chi connectivity index (χ0n) is 16.3. The number of fused-ring (bicyclic) bond motifs is 1. The molecule has 0 saturated heterocycles. The maximum Gasteiger partial charge on any atom is 0.229 e. The molecule has 3 aromatic rings. The average Bonchev–Trinajstić information content (AvgIpc) is 2.71. The van der Waals surface area contributed by atoms with E-state index in [0.29, 0.717) is 57.1 Å². The number of hydrogen-bond acceptors (Lipinski definition) is 9. The molecule has 148 valence electrons. The third kappa shape index (κ3) is 3.46. The van der Waals surface area contributed by atoms with E-state index in [2.05, 4.69) is 15.3 Å². The molecular weight excluding hydrogens is 364 g/mol. The second-order valence-electron chi connectivity index (χ2n) is 5.70. The quantitative estimate of drug-likeness (QED) is 0.633. The Hall–Kier alpha value is -3.62. The van der Waals surface area contributed by atoms with Crippen LogP contribution < -0.4 is 34.7 Å². The van der Waals surface area contributed by atoms with E-state index in [1.165, 1.54) is 0 Å². The third-order valence-corrected chi connectivity index (χ3v) is 4.15. The summed E-state index contributed by atoms with van der Waals surface area (Å²) in [6, 6.07) is 6.98. The Morgan fingerprint density at radius 3 is 1.82 bits per heavy atom. The van der Waals surface area contributed by atoms with Crippen LogP contribution in [0.25, 0.3) is 10.9 Å². The highest BCUT2D eigenvalue weighted by atomic mass is 16.5. The molecule has 3 rings (SSSR count). The van der Waals surface area contributed by atoms with E-state index in [-0.39, 0.29) is 0 Å². The van der Waals surface area contributed by atoms with Crippen LogP contribution >= 0.6 is 0 Å². The third-order valence-electron chi connectivity index (χ3n) is 4.15. The van der Waals surface area contributed by atoms with Crippen molar-refractivity contribution in [3.63, 3.8) is 0 Å². The maximum atomic E-state index is 6.13. The fourth-order valence-corrected chi connectivity index (χ4v) is 2.82. The molecule has 0 aliphatic carbocycles. The lowest BCUT2D eigenvalue weighted by Gasteiger charge is -2.15. The van der Waals surface area contributed by atoms with Crippen molar-refractivity contribution in [2.24, 2.45) is 0 Å². The summed E-state index contributed by atoms with van der Waals surface area (Å²) in [6.07, 6.45) is 0. The zero-order chi connectivity index (χ0) is 20.3. The molecule has 0 unspecified atom stereocenters. The monoisotopic (exact) mass is 386 g/mol. The van der Waals surface area contributed by atoms with Gasteiger partial charge in [0.2, 0.25) is 11.7 Å². The van der Waals surface area contributed by atoms with Crippen molar-refractivity contribution in [3.05, 3.63) is 24.3 Å². The minimum absolute atomic E-state index is 0.306. The first kappa shape index (κ1) is 19.2. The van der Waals surface area contributed by atoms with Gasteiger partial charge in [0.05, 0.1) is 41.1 Å². The number of nitrogens with two attached hydrogens (primary N) is 1. The van der Waals surface area contributed by atoms with Gasteiger partial charge in [0.25, 0.3) is 0 Å². The molecule has 0 aliphatic heterocycles. The summed E-state index contributed by atoms with van der Waals surface area (Å²) < 4.78 is 26.7. The maximum absolute atomic E-state index is 6.13. The first-order valence-electron chi connectivity index (χ1n) is 8.30. The van der Waals surface area contributed by atoms with Crippen molar-refractivity contribution in [1.82, 2.24) is 9.97 Å². The number of nitrogens with one attached hydrogen (secondary N) is 1. The predicted octanol–water partition coefficient (Wildman–Crippen LogP) is 3.00. The van der Waals surface area contributed by atoms with Crippen LogP contribution in [-0.4, -0.2) is 45.5 Å². The van der Waals surface area contributed by atoms with Crippen molar-refractivity contribution in [3.8, 4) is 28.7 Å². The lowest BCUT2D eigenvalue weighted by molar-refractivity contribution is 0.324. The van der Waals surface area contributed by atoms with Gasteiger partial charge >= 0.3 is 0 Å². The van der Waals surface area contributed by atoms with Gasteiger partial charge in [-0.15, -0.1) is 0 Å². The second kappa shape index (κ2) is 7.95. The van der Waals surface area contributed by atoms with Crippen LogP contribution in [0.15, 0.2) is 24.3 Å². The summed E-state index contributed by atoms with van der Waals surface area (Å²) in [6.45, 7) is 0. The smallest absolute Gasteiger partial charge is 0.229 e. The number of methoxy groups -OCH3 is 5. The number of nitrogens with zero attached hydrogens (tertiary/aromatic N) is 2. The van der Waals surface area contributed by atoms with Crippen molar-refractivity contribution in [2.75, 3.05) is 46.6 Å². The molecule has 9 heteroatoms. The van der Waals surface area contributed by atoms with Gasteiger partial charge in [-0.25, -0.2) is 4.98 Å². The molecule has 0 fully saturated rings. The highest BCUT2D eigenvalue weighted by Gasteiger charge is 2.15. The number of ether oxygens (including phenoxy) is 5. The highest BCUT2D eigenvalue weighted by molar-refractivity contribution is 5.92. The van der Waals surface area contributed by atoms with E-state index in [1.807, 2.05) is 0 Å². The molecular formula is C19H22N4O5. The van der Waals surface area contributed by atoms with Gasteiger partial charge in [-0.05, 0) is 6.07 Å². The summed E-state index contributed by atoms with van der Waals surface area (Å²) in [4.78, 5) is 8.85. The molecule has 0 atom stereocenters. The van der Waals surface area contributed by atoms with Crippen molar-refractivity contribution < 1.29 is 23.7 Å². The molecule has 9 nitrogen and oxygen atoms in total. The number of nitrogen functional groups attached to an aromatic ring is 1. The van der Waals surface area contributed by atoms with E-state index < -0.39 is 0 Å². The van der Waals surface area contributed by atoms with Crippen molar-refractivity contribution in [1.29, 1.82) is 0 Å². The number of hydrogen-bond donors (Lipinski definition) is 2. The SMILES string of the molecule is COc1cc2nc(Nc3cc(OC)c(OC)c(OC)c3)nc(N)c2cc1OC. The summed E-state index contributed by atoms with van der Waals surface area (Å²) in [5.74, 6) is 3.22. The van der Waals surface area contributed by atoms with Crippen LogP contribution in [0.1, 0.15) is 0 Å². The van der Waals surface area contributed by atoms with Gasteiger partial charge < -0.3 is 34.7 Å². The van der Waals surface area contributed by atoms with E-state index in [4.69, 9.17) is 29.4 Å². The van der Waals surface area contributed by atoms with Crippen LogP contribution in [-0.2, 0) is 0 Å². The van der Waals surface area contributed by atoms with E-state index in [0.717, 1.165) is 0 Å². The van der Waals surface area contributed by atoms with Crippen LogP contribution in [0.3, 0.4) is 0 Å². The normalized spacial score (nSPS) is 10.5. The molecule has 0 aliphatic rings. The van der Waals surface area contributed by atoms with Crippen molar-refractivity contribution in [2.45, 2.75) is 0 Å². The Labute approximate surface area is 162 Å². The summed E-state index contributed by atoms with van der Waals surface area (Å²) in [7, 11) is 7.75. The van der Waals surface area contributed by atoms with E-state index >= 15 is 0 Å². The fraction of sp³-hybridized carbons (Fsp3) is 0.263. The Kier molecular flexibility index (Phi) is 5.44. The van der Waals surface area contributed by atoms with Gasteiger partial charge in [0.15, 0.2) is 23.0 Å². The largest absolute Gasteiger partial charge is 0.493 e. The first-order valence-corrected chi connectivity index (χ1v) is 8.30. The summed E-state index contributed by atoms with van der Waals surface area (Å²) in [5, 5.41) is 3.77. The Balaban J connectivity index is 2.05. The number of benzene rings is 2. The second-order valence-corrected chi connectivity index (χ2v) is 5.70. The zero-order valence-corrected chi connectivity index (χ0v) is 16.3. The predicted molar refractivity (Wildman–Crippen MR) is 106 cm³/mol. The number of anilines is 3. The van der Waals surface area contributed by atoms with Crippen LogP contribution in [0, 0.1) is 0 Å². The molecule has 0 spiro atoms. The fourth-order valence-electron chi connectivity index (χ4n) is 2.82. The lowest BCUT2D eigenvalue weighted by Crippen LogP contribution is -2.03. The average molecular weight is 386 g/mol. The number of rotatable bonds is 7.